The van der Waals surface area contributed by atoms with Crippen molar-refractivity contribution < 1.29 is 9.53 Å². The first-order chi connectivity index (χ1) is 5.57. The van der Waals surface area contributed by atoms with Gasteiger partial charge in [-0.1, -0.05) is 0 Å². The normalized spacial score (nSPS) is 29.6. The number of rotatable bonds is 3. The van der Waals surface area contributed by atoms with E-state index in [9.17, 15) is 4.79 Å². The Morgan fingerprint density at radius 1 is 1.67 bits per heavy atom. The van der Waals surface area contributed by atoms with Gasteiger partial charge in [0.15, 0.2) is 0 Å². The largest absolute Gasteiger partial charge is 0.379 e. The maximum Gasteiger partial charge on any atom is 0.240 e. The molecule has 70 valence electrons. The first-order valence-corrected chi connectivity index (χ1v) is 4.22. The van der Waals surface area contributed by atoms with Crippen molar-refractivity contribution in [3.8, 4) is 0 Å². The fraction of sp³-hybridized carbons (Fsp3) is 0.875. The Hall–Kier alpha value is -0.610. The number of nitrogens with one attached hydrogen (secondary N) is 1. The van der Waals surface area contributed by atoms with Gasteiger partial charge in [0.1, 0.15) is 5.54 Å². The standard InChI is InChI=1S/C8H16N2O2/c1-6(2)10-8(7(9)11)3-4-12-5-8/h6,10H,3-5H2,1-2H3,(H2,9,11). The van der Waals surface area contributed by atoms with Crippen LogP contribution in [0.3, 0.4) is 0 Å². The van der Waals surface area contributed by atoms with Crippen LogP contribution in [0, 0.1) is 0 Å². The Bertz CT molecular complexity index is 174. The molecule has 1 amide bonds. The minimum absolute atomic E-state index is 0.249. The lowest BCUT2D eigenvalue weighted by Crippen LogP contribution is -2.58. The molecule has 4 nitrogen and oxygen atoms in total. The molecular formula is C8H16N2O2. The summed E-state index contributed by atoms with van der Waals surface area (Å²) in [5.74, 6) is -0.311. The monoisotopic (exact) mass is 172 g/mol. The zero-order chi connectivity index (χ0) is 9.19. The third kappa shape index (κ3) is 1.76. The summed E-state index contributed by atoms with van der Waals surface area (Å²) in [6.45, 7) is 5.00. The number of hydrogen-bond donors (Lipinski definition) is 2. The Morgan fingerprint density at radius 3 is 2.67 bits per heavy atom. The molecule has 1 atom stereocenters. The molecule has 0 aromatic rings. The predicted molar refractivity (Wildman–Crippen MR) is 45.6 cm³/mol. The van der Waals surface area contributed by atoms with Crippen LogP contribution in [0.4, 0.5) is 0 Å². The lowest BCUT2D eigenvalue weighted by molar-refractivity contribution is -0.124. The van der Waals surface area contributed by atoms with Gasteiger partial charge in [-0.05, 0) is 13.8 Å². The summed E-state index contributed by atoms with van der Waals surface area (Å²) in [4.78, 5) is 11.1. The molecule has 0 aromatic heterocycles. The van der Waals surface area contributed by atoms with Crippen LogP contribution in [-0.4, -0.2) is 30.7 Å². The number of nitrogens with two attached hydrogens (primary N) is 1. The topological polar surface area (TPSA) is 64.3 Å². The summed E-state index contributed by atoms with van der Waals surface area (Å²) < 4.78 is 5.16. The molecule has 0 bridgehead atoms. The van der Waals surface area contributed by atoms with Crippen molar-refractivity contribution in [1.29, 1.82) is 0 Å². The van der Waals surface area contributed by atoms with Gasteiger partial charge in [0.2, 0.25) is 5.91 Å². The molecule has 1 rings (SSSR count). The maximum atomic E-state index is 11.1. The summed E-state index contributed by atoms with van der Waals surface area (Å²) in [7, 11) is 0. The molecule has 0 aromatic carbocycles. The molecule has 4 heteroatoms. The molecule has 1 aliphatic heterocycles. The van der Waals surface area contributed by atoms with E-state index in [4.69, 9.17) is 10.5 Å². The Labute approximate surface area is 72.5 Å². The molecular weight excluding hydrogens is 156 g/mol. The molecule has 0 spiro atoms. The third-order valence-corrected chi connectivity index (χ3v) is 2.06. The number of ether oxygens (including phenoxy) is 1. The van der Waals surface area contributed by atoms with Gasteiger partial charge in [-0.3, -0.25) is 10.1 Å². The Kier molecular flexibility index (Phi) is 2.69. The van der Waals surface area contributed by atoms with Crippen molar-refractivity contribution in [2.24, 2.45) is 5.73 Å². The molecule has 0 aliphatic carbocycles. The number of amides is 1. The zero-order valence-corrected chi connectivity index (χ0v) is 7.59. The van der Waals surface area contributed by atoms with Gasteiger partial charge < -0.3 is 10.5 Å². The van der Waals surface area contributed by atoms with E-state index >= 15 is 0 Å². The van der Waals surface area contributed by atoms with Crippen molar-refractivity contribution in [3.63, 3.8) is 0 Å². The van der Waals surface area contributed by atoms with Gasteiger partial charge in [0.05, 0.1) is 6.61 Å². The molecule has 1 heterocycles. The van der Waals surface area contributed by atoms with Crippen LogP contribution < -0.4 is 11.1 Å². The second-order valence-corrected chi connectivity index (χ2v) is 3.55. The van der Waals surface area contributed by atoms with E-state index in [1.54, 1.807) is 0 Å². The highest BCUT2D eigenvalue weighted by Gasteiger charge is 2.40. The highest BCUT2D eigenvalue weighted by atomic mass is 16.5. The number of carbonyl (C=O) groups is 1. The maximum absolute atomic E-state index is 11.1. The smallest absolute Gasteiger partial charge is 0.240 e. The molecule has 3 N–H and O–H groups in total. The summed E-state index contributed by atoms with van der Waals surface area (Å²) >= 11 is 0. The Balaban J connectivity index is 2.65. The highest BCUT2D eigenvalue weighted by molar-refractivity contribution is 5.85. The second kappa shape index (κ2) is 3.41. The first-order valence-electron chi connectivity index (χ1n) is 4.22. The lowest BCUT2D eigenvalue weighted by Gasteiger charge is -2.27. The van der Waals surface area contributed by atoms with E-state index in [1.807, 2.05) is 13.8 Å². The van der Waals surface area contributed by atoms with E-state index < -0.39 is 5.54 Å². The van der Waals surface area contributed by atoms with Crippen LogP contribution in [0.2, 0.25) is 0 Å². The van der Waals surface area contributed by atoms with Crippen molar-refractivity contribution in [1.82, 2.24) is 5.32 Å². The zero-order valence-electron chi connectivity index (χ0n) is 7.59. The molecule has 0 saturated carbocycles. The van der Waals surface area contributed by atoms with Gasteiger partial charge >= 0.3 is 0 Å². The van der Waals surface area contributed by atoms with Crippen LogP contribution in [0.15, 0.2) is 0 Å². The summed E-state index contributed by atoms with van der Waals surface area (Å²) in [6, 6.07) is 0.249. The minimum Gasteiger partial charge on any atom is -0.379 e. The van der Waals surface area contributed by atoms with E-state index in [0.29, 0.717) is 19.6 Å². The van der Waals surface area contributed by atoms with Gasteiger partial charge in [0, 0.05) is 19.1 Å². The van der Waals surface area contributed by atoms with Gasteiger partial charge in [0.25, 0.3) is 0 Å². The van der Waals surface area contributed by atoms with Gasteiger partial charge in [-0.25, -0.2) is 0 Å². The minimum atomic E-state index is -0.617. The first kappa shape index (κ1) is 9.48. The quantitative estimate of drug-likeness (QED) is 0.610. The van der Waals surface area contributed by atoms with E-state index in [0.717, 1.165) is 0 Å². The molecule has 1 fully saturated rings. The van der Waals surface area contributed by atoms with Crippen molar-refractivity contribution >= 4 is 5.91 Å². The van der Waals surface area contributed by atoms with Crippen molar-refractivity contribution in [2.45, 2.75) is 31.8 Å². The number of primary amides is 1. The summed E-state index contributed by atoms with van der Waals surface area (Å²) in [5.41, 5.74) is 4.68. The molecule has 1 saturated heterocycles. The van der Waals surface area contributed by atoms with E-state index in [1.165, 1.54) is 0 Å². The molecule has 12 heavy (non-hydrogen) atoms. The SMILES string of the molecule is CC(C)NC1(C(N)=O)CCOC1. The number of hydrogen-bond acceptors (Lipinski definition) is 3. The molecule has 1 aliphatic rings. The van der Waals surface area contributed by atoms with Gasteiger partial charge in [-0.2, -0.15) is 0 Å². The fourth-order valence-electron chi connectivity index (χ4n) is 1.50. The lowest BCUT2D eigenvalue weighted by atomic mass is 9.97. The second-order valence-electron chi connectivity index (χ2n) is 3.55. The summed E-state index contributed by atoms with van der Waals surface area (Å²) in [6.07, 6.45) is 0.681. The van der Waals surface area contributed by atoms with Crippen LogP contribution in [-0.2, 0) is 9.53 Å². The molecule has 0 radical (unpaired) electrons. The van der Waals surface area contributed by atoms with Crippen molar-refractivity contribution in [2.75, 3.05) is 13.2 Å². The van der Waals surface area contributed by atoms with Crippen molar-refractivity contribution in [3.05, 3.63) is 0 Å². The van der Waals surface area contributed by atoms with Gasteiger partial charge in [-0.15, -0.1) is 0 Å². The average Bonchev–Trinajstić information content (AvgIpc) is 2.35. The number of carbonyl (C=O) groups excluding carboxylic acids is 1. The van der Waals surface area contributed by atoms with E-state index in [-0.39, 0.29) is 11.9 Å². The third-order valence-electron chi connectivity index (χ3n) is 2.06. The van der Waals surface area contributed by atoms with Crippen LogP contribution in [0.25, 0.3) is 0 Å². The Morgan fingerprint density at radius 2 is 2.33 bits per heavy atom. The van der Waals surface area contributed by atoms with Crippen LogP contribution >= 0.6 is 0 Å². The van der Waals surface area contributed by atoms with E-state index in [2.05, 4.69) is 5.32 Å². The average molecular weight is 172 g/mol. The fourth-order valence-corrected chi connectivity index (χ4v) is 1.50. The van der Waals surface area contributed by atoms with Crippen LogP contribution in [0.5, 0.6) is 0 Å². The van der Waals surface area contributed by atoms with Crippen LogP contribution in [0.1, 0.15) is 20.3 Å². The predicted octanol–water partition coefficient (Wildman–Crippen LogP) is -0.371. The summed E-state index contributed by atoms with van der Waals surface area (Å²) in [5, 5.41) is 3.16. The highest BCUT2D eigenvalue weighted by Crippen LogP contribution is 2.18. The molecule has 1 unspecified atom stereocenters.